The number of thioether (sulfide) groups is 1. The van der Waals surface area contributed by atoms with Crippen molar-refractivity contribution in [1.82, 2.24) is 0 Å². The lowest BCUT2D eigenvalue weighted by Gasteiger charge is -2.13. The number of nitrogens with one attached hydrogen (secondary N) is 1. The van der Waals surface area contributed by atoms with Crippen molar-refractivity contribution >= 4 is 23.4 Å². The number of carbonyl (C=O) groups is 1. The molecule has 0 saturated carbocycles. The molecule has 1 aromatic rings. The molecule has 0 unspecified atom stereocenters. The monoisotopic (exact) mass is 284 g/mol. The van der Waals surface area contributed by atoms with Crippen molar-refractivity contribution in [2.75, 3.05) is 31.5 Å². The third kappa shape index (κ3) is 4.65. The van der Waals surface area contributed by atoms with Gasteiger partial charge in [0.1, 0.15) is 0 Å². The number of nitrogens with two attached hydrogens (primary N) is 1. The summed E-state index contributed by atoms with van der Waals surface area (Å²) in [5, 5.41) is 2.77. The number of rotatable bonds is 7. The van der Waals surface area contributed by atoms with E-state index in [1.807, 2.05) is 6.26 Å². The molecule has 0 aromatic heterocycles. The highest BCUT2D eigenvalue weighted by atomic mass is 32.2. The van der Waals surface area contributed by atoms with Crippen molar-refractivity contribution in [3.63, 3.8) is 0 Å². The van der Waals surface area contributed by atoms with Gasteiger partial charge in [-0.3, -0.25) is 4.79 Å². The van der Waals surface area contributed by atoms with Crippen LogP contribution in [0.5, 0.6) is 11.5 Å². The molecule has 0 fully saturated rings. The zero-order valence-electron chi connectivity index (χ0n) is 11.4. The first-order valence-corrected chi connectivity index (χ1v) is 7.29. The van der Waals surface area contributed by atoms with Crippen molar-refractivity contribution in [2.24, 2.45) is 5.73 Å². The number of hydrogen-bond donors (Lipinski definition) is 2. The van der Waals surface area contributed by atoms with Crippen LogP contribution in [0.3, 0.4) is 0 Å². The van der Waals surface area contributed by atoms with E-state index in [4.69, 9.17) is 15.2 Å². The van der Waals surface area contributed by atoms with Gasteiger partial charge in [0.2, 0.25) is 5.91 Å². The van der Waals surface area contributed by atoms with Crippen molar-refractivity contribution < 1.29 is 14.3 Å². The summed E-state index contributed by atoms with van der Waals surface area (Å²) in [7, 11) is 3.11. The smallest absolute Gasteiger partial charge is 0.241 e. The maximum Gasteiger partial charge on any atom is 0.241 e. The molecule has 19 heavy (non-hydrogen) atoms. The van der Waals surface area contributed by atoms with Crippen LogP contribution < -0.4 is 20.5 Å². The Morgan fingerprint density at radius 2 is 2.05 bits per heavy atom. The summed E-state index contributed by atoms with van der Waals surface area (Å²) in [6.45, 7) is 0. The van der Waals surface area contributed by atoms with E-state index in [0.717, 1.165) is 5.75 Å². The molecule has 1 rings (SSSR count). The fourth-order valence-corrected chi connectivity index (χ4v) is 2.01. The Labute approximate surface area is 117 Å². The average molecular weight is 284 g/mol. The van der Waals surface area contributed by atoms with Gasteiger partial charge in [0.25, 0.3) is 0 Å². The fraction of sp³-hybridized carbons (Fsp3) is 0.462. The van der Waals surface area contributed by atoms with Crippen LogP contribution in [0.15, 0.2) is 18.2 Å². The van der Waals surface area contributed by atoms with E-state index in [2.05, 4.69) is 5.32 Å². The molecule has 0 saturated heterocycles. The molecule has 0 aliphatic heterocycles. The Bertz CT molecular complexity index is 426. The lowest BCUT2D eigenvalue weighted by Crippen LogP contribution is -2.36. The van der Waals surface area contributed by atoms with E-state index in [9.17, 15) is 4.79 Å². The Morgan fingerprint density at radius 1 is 1.37 bits per heavy atom. The van der Waals surface area contributed by atoms with Crippen LogP contribution in [-0.2, 0) is 4.79 Å². The SMILES string of the molecule is COc1ccc(NC(=O)[C@@H](N)CCSC)cc1OC. The first kappa shape index (κ1) is 15.7. The number of anilines is 1. The van der Waals surface area contributed by atoms with E-state index in [1.54, 1.807) is 44.2 Å². The van der Waals surface area contributed by atoms with Gasteiger partial charge in [0.15, 0.2) is 11.5 Å². The Morgan fingerprint density at radius 3 is 2.63 bits per heavy atom. The molecular weight excluding hydrogens is 264 g/mol. The molecule has 5 nitrogen and oxygen atoms in total. The van der Waals surface area contributed by atoms with Crippen molar-refractivity contribution in [3.05, 3.63) is 18.2 Å². The number of amides is 1. The van der Waals surface area contributed by atoms with Crippen molar-refractivity contribution in [1.29, 1.82) is 0 Å². The molecule has 0 aliphatic rings. The molecular formula is C13H20N2O3S. The lowest BCUT2D eigenvalue weighted by atomic mass is 10.2. The zero-order chi connectivity index (χ0) is 14.3. The quantitative estimate of drug-likeness (QED) is 0.797. The first-order chi connectivity index (χ1) is 9.12. The molecule has 6 heteroatoms. The Balaban J connectivity index is 2.69. The predicted molar refractivity (Wildman–Crippen MR) is 79.2 cm³/mol. The second-order valence-corrected chi connectivity index (χ2v) is 4.93. The van der Waals surface area contributed by atoms with Crippen LogP contribution in [0.1, 0.15) is 6.42 Å². The van der Waals surface area contributed by atoms with Gasteiger partial charge in [0.05, 0.1) is 20.3 Å². The third-order valence-corrected chi connectivity index (χ3v) is 3.26. The summed E-state index contributed by atoms with van der Waals surface area (Å²) in [5.41, 5.74) is 6.44. The van der Waals surface area contributed by atoms with Gasteiger partial charge in [-0.2, -0.15) is 11.8 Å². The summed E-state index contributed by atoms with van der Waals surface area (Å²) in [4.78, 5) is 11.9. The van der Waals surface area contributed by atoms with Gasteiger partial charge in [-0.25, -0.2) is 0 Å². The van der Waals surface area contributed by atoms with E-state index in [1.165, 1.54) is 0 Å². The van der Waals surface area contributed by atoms with Gasteiger partial charge in [-0.05, 0) is 30.6 Å². The van der Waals surface area contributed by atoms with Crippen LogP contribution in [0.4, 0.5) is 5.69 Å². The van der Waals surface area contributed by atoms with E-state index in [0.29, 0.717) is 23.6 Å². The highest BCUT2D eigenvalue weighted by Crippen LogP contribution is 2.29. The second kappa shape index (κ2) is 7.91. The number of benzene rings is 1. The summed E-state index contributed by atoms with van der Waals surface area (Å²) >= 11 is 1.67. The third-order valence-electron chi connectivity index (χ3n) is 2.62. The minimum absolute atomic E-state index is 0.193. The fourth-order valence-electron chi connectivity index (χ4n) is 1.52. The number of ether oxygens (including phenoxy) is 2. The van der Waals surface area contributed by atoms with Gasteiger partial charge in [-0.1, -0.05) is 0 Å². The first-order valence-electron chi connectivity index (χ1n) is 5.89. The number of carbonyl (C=O) groups excluding carboxylic acids is 1. The number of hydrogen-bond acceptors (Lipinski definition) is 5. The maximum atomic E-state index is 11.9. The molecule has 1 aromatic carbocycles. The molecule has 1 atom stereocenters. The molecule has 0 radical (unpaired) electrons. The van der Waals surface area contributed by atoms with Gasteiger partial charge in [0, 0.05) is 11.8 Å². The lowest BCUT2D eigenvalue weighted by molar-refractivity contribution is -0.117. The zero-order valence-corrected chi connectivity index (χ0v) is 12.3. The van der Waals surface area contributed by atoms with E-state index in [-0.39, 0.29) is 5.91 Å². The molecule has 3 N–H and O–H groups in total. The van der Waals surface area contributed by atoms with Crippen LogP contribution in [0.2, 0.25) is 0 Å². The van der Waals surface area contributed by atoms with Crippen LogP contribution >= 0.6 is 11.8 Å². The van der Waals surface area contributed by atoms with Gasteiger partial charge >= 0.3 is 0 Å². The number of methoxy groups -OCH3 is 2. The average Bonchev–Trinajstić information content (AvgIpc) is 2.44. The predicted octanol–water partition coefficient (Wildman–Crippen LogP) is 1.72. The van der Waals surface area contributed by atoms with Crippen LogP contribution in [0.25, 0.3) is 0 Å². The molecule has 106 valence electrons. The topological polar surface area (TPSA) is 73.6 Å². The van der Waals surface area contributed by atoms with Crippen LogP contribution in [0, 0.1) is 0 Å². The Kier molecular flexibility index (Phi) is 6.52. The van der Waals surface area contributed by atoms with E-state index < -0.39 is 6.04 Å². The molecule has 0 bridgehead atoms. The minimum atomic E-state index is -0.499. The maximum absolute atomic E-state index is 11.9. The molecule has 0 heterocycles. The molecule has 0 aliphatic carbocycles. The molecule has 0 spiro atoms. The highest BCUT2D eigenvalue weighted by molar-refractivity contribution is 7.98. The van der Waals surface area contributed by atoms with Crippen molar-refractivity contribution in [2.45, 2.75) is 12.5 Å². The second-order valence-electron chi connectivity index (χ2n) is 3.95. The van der Waals surface area contributed by atoms with Crippen molar-refractivity contribution in [3.8, 4) is 11.5 Å². The summed E-state index contributed by atoms with van der Waals surface area (Å²) < 4.78 is 10.3. The standard InChI is InChI=1S/C13H20N2O3S/c1-17-11-5-4-9(8-12(11)18-2)15-13(16)10(14)6-7-19-3/h4-5,8,10H,6-7,14H2,1-3H3,(H,15,16)/t10-/m0/s1. The Hall–Kier alpha value is -1.40. The summed E-state index contributed by atoms with van der Waals surface area (Å²) in [5.74, 6) is 1.85. The minimum Gasteiger partial charge on any atom is -0.493 e. The summed E-state index contributed by atoms with van der Waals surface area (Å²) in [6.07, 6.45) is 2.64. The van der Waals surface area contributed by atoms with Crippen LogP contribution in [-0.4, -0.2) is 38.2 Å². The van der Waals surface area contributed by atoms with Gasteiger partial charge < -0.3 is 20.5 Å². The van der Waals surface area contributed by atoms with E-state index >= 15 is 0 Å². The molecule has 1 amide bonds. The largest absolute Gasteiger partial charge is 0.493 e. The normalized spacial score (nSPS) is 11.8. The van der Waals surface area contributed by atoms with Gasteiger partial charge in [-0.15, -0.1) is 0 Å². The summed E-state index contributed by atoms with van der Waals surface area (Å²) in [6, 6.07) is 4.70. The highest BCUT2D eigenvalue weighted by Gasteiger charge is 2.14.